The summed E-state index contributed by atoms with van der Waals surface area (Å²) in [5, 5.41) is 0. The van der Waals surface area contributed by atoms with Gasteiger partial charge in [-0.15, -0.1) is 0 Å². The molecule has 2 atom stereocenters. The zero-order valence-electron chi connectivity index (χ0n) is 6.90. The van der Waals surface area contributed by atoms with E-state index in [-0.39, 0.29) is 18.9 Å². The van der Waals surface area contributed by atoms with Crippen molar-refractivity contribution in [2.24, 2.45) is 11.7 Å². The predicted octanol–water partition coefficient (Wildman–Crippen LogP) is 2.46. The van der Waals surface area contributed by atoms with Crippen LogP contribution in [0.2, 0.25) is 0 Å². The van der Waals surface area contributed by atoms with E-state index in [1.807, 2.05) is 0 Å². The summed E-state index contributed by atoms with van der Waals surface area (Å²) in [5.41, 5.74) is 5.52. The van der Waals surface area contributed by atoms with E-state index in [9.17, 15) is 13.2 Å². The predicted molar refractivity (Wildman–Crippen MR) is 40.6 cm³/mol. The summed E-state index contributed by atoms with van der Waals surface area (Å²) >= 11 is 0. The van der Waals surface area contributed by atoms with Crippen molar-refractivity contribution in [3.8, 4) is 0 Å². The summed E-state index contributed by atoms with van der Waals surface area (Å²) < 4.78 is 36.7. The van der Waals surface area contributed by atoms with Crippen molar-refractivity contribution in [1.29, 1.82) is 0 Å². The fourth-order valence-electron chi connectivity index (χ4n) is 1.70. The molecule has 1 saturated carbocycles. The van der Waals surface area contributed by atoms with Crippen LogP contribution in [-0.4, -0.2) is 12.2 Å². The molecule has 0 heterocycles. The Morgan fingerprint density at radius 2 is 1.67 bits per heavy atom. The van der Waals surface area contributed by atoms with Crippen LogP contribution in [0.25, 0.3) is 0 Å². The van der Waals surface area contributed by atoms with Gasteiger partial charge in [0.05, 0.1) is 5.92 Å². The molecule has 72 valence electrons. The summed E-state index contributed by atoms with van der Waals surface area (Å²) in [6.45, 7) is 0. The second kappa shape index (κ2) is 3.64. The van der Waals surface area contributed by atoms with Crippen molar-refractivity contribution in [1.82, 2.24) is 0 Å². The van der Waals surface area contributed by atoms with Crippen LogP contribution in [-0.2, 0) is 0 Å². The molecule has 1 rings (SSSR count). The fraction of sp³-hybridized carbons (Fsp3) is 1.00. The smallest absolute Gasteiger partial charge is 0.328 e. The lowest BCUT2D eigenvalue weighted by atomic mass is 9.98. The van der Waals surface area contributed by atoms with Gasteiger partial charge in [-0.05, 0) is 19.3 Å². The van der Waals surface area contributed by atoms with E-state index in [4.69, 9.17) is 5.73 Å². The van der Waals surface area contributed by atoms with Gasteiger partial charge in [-0.25, -0.2) is 0 Å². The normalized spacial score (nSPS) is 33.0. The van der Waals surface area contributed by atoms with Gasteiger partial charge in [-0.2, -0.15) is 13.2 Å². The highest BCUT2D eigenvalue weighted by Gasteiger charge is 2.40. The minimum atomic E-state index is -4.04. The Labute approximate surface area is 70.1 Å². The van der Waals surface area contributed by atoms with Crippen LogP contribution in [0.15, 0.2) is 0 Å². The Bertz CT molecular complexity index is 144. The zero-order valence-corrected chi connectivity index (χ0v) is 6.90. The molecule has 0 aromatic rings. The molecule has 0 radical (unpaired) electrons. The number of alkyl halides is 3. The van der Waals surface area contributed by atoms with Crippen LogP contribution in [0, 0.1) is 5.92 Å². The van der Waals surface area contributed by atoms with Crippen LogP contribution in [0.3, 0.4) is 0 Å². The maximum Gasteiger partial charge on any atom is 0.391 e. The summed E-state index contributed by atoms with van der Waals surface area (Å²) in [7, 11) is 0. The third-order valence-corrected chi connectivity index (χ3v) is 2.43. The SMILES string of the molecule is N[C@@H]1CCCC[C@H](C(F)(F)F)C1. The first-order valence-electron chi connectivity index (χ1n) is 4.32. The van der Waals surface area contributed by atoms with E-state index in [1.165, 1.54) is 0 Å². The Morgan fingerprint density at radius 3 is 2.25 bits per heavy atom. The lowest BCUT2D eigenvalue weighted by molar-refractivity contribution is -0.178. The molecular weight excluding hydrogens is 167 g/mol. The maximum absolute atomic E-state index is 12.2. The first kappa shape index (κ1) is 9.84. The maximum atomic E-state index is 12.2. The van der Waals surface area contributed by atoms with Gasteiger partial charge < -0.3 is 5.73 Å². The number of rotatable bonds is 0. The molecule has 0 spiro atoms. The van der Waals surface area contributed by atoms with Crippen LogP contribution in [0.5, 0.6) is 0 Å². The largest absolute Gasteiger partial charge is 0.391 e. The third kappa shape index (κ3) is 2.66. The first-order valence-corrected chi connectivity index (χ1v) is 4.32. The van der Waals surface area contributed by atoms with Crippen LogP contribution in [0.1, 0.15) is 32.1 Å². The molecule has 1 aliphatic rings. The van der Waals surface area contributed by atoms with Crippen molar-refractivity contribution in [2.75, 3.05) is 0 Å². The second-order valence-corrected chi connectivity index (χ2v) is 3.52. The minimum absolute atomic E-state index is 0.115. The molecular formula is C8H14F3N. The van der Waals surface area contributed by atoms with Gasteiger partial charge in [0.1, 0.15) is 0 Å². The summed E-state index contributed by atoms with van der Waals surface area (Å²) in [6.07, 6.45) is -1.42. The average molecular weight is 181 g/mol. The standard InChI is InChI=1S/C8H14F3N/c9-8(10,11)6-3-1-2-4-7(12)5-6/h6-7H,1-5,12H2/t6-,7+/m0/s1. The van der Waals surface area contributed by atoms with Gasteiger partial charge in [-0.1, -0.05) is 12.8 Å². The highest BCUT2D eigenvalue weighted by Crippen LogP contribution is 2.35. The van der Waals surface area contributed by atoms with Crippen molar-refractivity contribution < 1.29 is 13.2 Å². The average Bonchev–Trinajstić information content (AvgIpc) is 2.11. The van der Waals surface area contributed by atoms with Gasteiger partial charge in [0.2, 0.25) is 0 Å². The molecule has 0 saturated heterocycles. The molecule has 0 aromatic carbocycles. The summed E-state index contributed by atoms with van der Waals surface area (Å²) in [5.74, 6) is -1.16. The van der Waals surface area contributed by atoms with E-state index >= 15 is 0 Å². The fourth-order valence-corrected chi connectivity index (χ4v) is 1.70. The summed E-state index contributed by atoms with van der Waals surface area (Å²) in [4.78, 5) is 0. The molecule has 0 unspecified atom stereocenters. The molecule has 0 aromatic heterocycles. The number of hydrogen-bond acceptors (Lipinski definition) is 1. The van der Waals surface area contributed by atoms with Gasteiger partial charge in [0, 0.05) is 6.04 Å². The topological polar surface area (TPSA) is 26.0 Å². The highest BCUT2D eigenvalue weighted by molar-refractivity contribution is 4.77. The van der Waals surface area contributed by atoms with Crippen LogP contribution in [0.4, 0.5) is 13.2 Å². The molecule has 1 nitrogen and oxygen atoms in total. The third-order valence-electron chi connectivity index (χ3n) is 2.43. The number of halogens is 3. The molecule has 0 amide bonds. The van der Waals surface area contributed by atoms with Crippen LogP contribution < -0.4 is 5.73 Å². The lowest BCUT2D eigenvalue weighted by Gasteiger charge is -2.19. The van der Waals surface area contributed by atoms with E-state index in [0.29, 0.717) is 6.42 Å². The molecule has 0 bridgehead atoms. The van der Waals surface area contributed by atoms with Gasteiger partial charge in [0.15, 0.2) is 0 Å². The second-order valence-electron chi connectivity index (χ2n) is 3.52. The number of nitrogens with two attached hydrogens (primary N) is 1. The van der Waals surface area contributed by atoms with Gasteiger partial charge in [0.25, 0.3) is 0 Å². The Morgan fingerprint density at radius 1 is 1.08 bits per heavy atom. The van der Waals surface area contributed by atoms with Crippen molar-refractivity contribution in [3.63, 3.8) is 0 Å². The van der Waals surface area contributed by atoms with E-state index in [0.717, 1.165) is 12.8 Å². The van der Waals surface area contributed by atoms with Crippen molar-refractivity contribution in [2.45, 2.75) is 44.3 Å². The quantitative estimate of drug-likeness (QED) is 0.571. The Kier molecular flexibility index (Phi) is 2.99. The number of hydrogen-bond donors (Lipinski definition) is 1. The van der Waals surface area contributed by atoms with Crippen LogP contribution >= 0.6 is 0 Å². The first-order chi connectivity index (χ1) is 5.50. The van der Waals surface area contributed by atoms with E-state index in [1.54, 1.807) is 0 Å². The summed E-state index contributed by atoms with van der Waals surface area (Å²) in [6, 6.07) is -0.251. The minimum Gasteiger partial charge on any atom is -0.328 e. The lowest BCUT2D eigenvalue weighted by Crippen LogP contribution is -2.29. The van der Waals surface area contributed by atoms with Gasteiger partial charge in [-0.3, -0.25) is 0 Å². The van der Waals surface area contributed by atoms with Crippen molar-refractivity contribution in [3.05, 3.63) is 0 Å². The molecule has 1 fully saturated rings. The zero-order chi connectivity index (χ0) is 9.19. The molecule has 4 heteroatoms. The van der Waals surface area contributed by atoms with Gasteiger partial charge >= 0.3 is 6.18 Å². The Hall–Kier alpha value is -0.250. The molecule has 12 heavy (non-hydrogen) atoms. The van der Waals surface area contributed by atoms with E-state index < -0.39 is 12.1 Å². The molecule has 2 N–H and O–H groups in total. The van der Waals surface area contributed by atoms with Crippen molar-refractivity contribution >= 4 is 0 Å². The Balaban J connectivity index is 2.52. The van der Waals surface area contributed by atoms with E-state index in [2.05, 4.69) is 0 Å². The monoisotopic (exact) mass is 181 g/mol. The highest BCUT2D eigenvalue weighted by atomic mass is 19.4. The molecule has 1 aliphatic carbocycles. The molecule has 0 aliphatic heterocycles.